The Kier molecular flexibility index (Phi) is 6.23. The fraction of sp³-hybridized carbons (Fsp3) is 0.300. The van der Waals surface area contributed by atoms with E-state index in [0.29, 0.717) is 0 Å². The lowest BCUT2D eigenvalue weighted by atomic mass is 9.92. The van der Waals surface area contributed by atoms with Gasteiger partial charge in [-0.15, -0.1) is 0 Å². The van der Waals surface area contributed by atoms with E-state index in [9.17, 15) is 0 Å². The van der Waals surface area contributed by atoms with Gasteiger partial charge in [0.1, 0.15) is 5.75 Å². The van der Waals surface area contributed by atoms with Crippen LogP contribution in [-0.4, -0.2) is 20.8 Å². The first-order chi connectivity index (χ1) is 10.8. The summed E-state index contributed by atoms with van der Waals surface area (Å²) in [6, 6.07) is 18.8. The quantitative estimate of drug-likeness (QED) is 0.525. The zero-order valence-corrected chi connectivity index (χ0v) is 13.6. The standard InChI is InChI=1S/C20H24O2/c1-16(17-11-13-19(22-3)14-12-17)20(10-7-15-21-2)18-8-5-4-6-9-18/h4-6,8-9,11-14H,7,10,15H2,1-3H3/b20-16+. The second-order valence-electron chi connectivity index (χ2n) is 5.29. The summed E-state index contributed by atoms with van der Waals surface area (Å²) in [5.74, 6) is 0.886. The van der Waals surface area contributed by atoms with E-state index in [0.717, 1.165) is 25.2 Å². The molecule has 0 spiro atoms. The van der Waals surface area contributed by atoms with Crippen LogP contribution in [0.4, 0.5) is 0 Å². The molecule has 2 nitrogen and oxygen atoms in total. The first-order valence-corrected chi connectivity index (χ1v) is 7.64. The number of rotatable bonds is 7. The van der Waals surface area contributed by atoms with Crippen LogP contribution >= 0.6 is 0 Å². The van der Waals surface area contributed by atoms with Gasteiger partial charge < -0.3 is 9.47 Å². The molecule has 0 aliphatic heterocycles. The lowest BCUT2D eigenvalue weighted by molar-refractivity contribution is 0.196. The minimum Gasteiger partial charge on any atom is -0.497 e. The molecule has 2 aromatic rings. The molecule has 0 radical (unpaired) electrons. The Labute approximate surface area is 133 Å². The molecule has 22 heavy (non-hydrogen) atoms. The second kappa shape index (κ2) is 8.40. The highest BCUT2D eigenvalue weighted by Crippen LogP contribution is 2.30. The second-order valence-corrected chi connectivity index (χ2v) is 5.29. The minimum absolute atomic E-state index is 0.784. The molecule has 0 saturated heterocycles. The van der Waals surface area contributed by atoms with E-state index in [1.807, 2.05) is 12.1 Å². The Bertz CT molecular complexity index is 597. The zero-order valence-electron chi connectivity index (χ0n) is 13.6. The molecule has 0 saturated carbocycles. The topological polar surface area (TPSA) is 18.5 Å². The first kappa shape index (κ1) is 16.3. The molecule has 0 fully saturated rings. The molecular formula is C20H24O2. The van der Waals surface area contributed by atoms with E-state index in [2.05, 4.69) is 49.4 Å². The van der Waals surface area contributed by atoms with E-state index in [1.54, 1.807) is 14.2 Å². The van der Waals surface area contributed by atoms with Crippen molar-refractivity contribution in [3.63, 3.8) is 0 Å². The minimum atomic E-state index is 0.784. The molecule has 2 heteroatoms. The Morgan fingerprint density at radius 3 is 2.14 bits per heavy atom. The Morgan fingerprint density at radius 1 is 0.864 bits per heavy atom. The van der Waals surface area contributed by atoms with Gasteiger partial charge in [-0.3, -0.25) is 0 Å². The van der Waals surface area contributed by atoms with Crippen molar-refractivity contribution in [3.8, 4) is 5.75 Å². The van der Waals surface area contributed by atoms with Crippen molar-refractivity contribution < 1.29 is 9.47 Å². The number of benzene rings is 2. The largest absolute Gasteiger partial charge is 0.497 e. The summed E-state index contributed by atoms with van der Waals surface area (Å²) in [7, 11) is 3.44. The van der Waals surface area contributed by atoms with Gasteiger partial charge in [0.25, 0.3) is 0 Å². The smallest absolute Gasteiger partial charge is 0.118 e. The first-order valence-electron chi connectivity index (χ1n) is 7.64. The molecule has 116 valence electrons. The molecule has 0 amide bonds. The maximum atomic E-state index is 5.24. The molecule has 0 heterocycles. The molecule has 0 atom stereocenters. The summed E-state index contributed by atoms with van der Waals surface area (Å²) in [6.07, 6.45) is 2.03. The lowest BCUT2D eigenvalue weighted by Gasteiger charge is -2.14. The predicted molar refractivity (Wildman–Crippen MR) is 93.0 cm³/mol. The van der Waals surface area contributed by atoms with Crippen LogP contribution < -0.4 is 4.74 Å². The Hall–Kier alpha value is -2.06. The predicted octanol–water partition coefficient (Wildman–Crippen LogP) is 5.05. The van der Waals surface area contributed by atoms with Crippen LogP contribution in [0.2, 0.25) is 0 Å². The lowest BCUT2D eigenvalue weighted by Crippen LogP contribution is -1.94. The number of hydrogen-bond donors (Lipinski definition) is 0. The van der Waals surface area contributed by atoms with Crippen LogP contribution in [0.1, 0.15) is 30.9 Å². The highest BCUT2D eigenvalue weighted by atomic mass is 16.5. The van der Waals surface area contributed by atoms with Gasteiger partial charge in [-0.1, -0.05) is 42.5 Å². The van der Waals surface area contributed by atoms with Gasteiger partial charge >= 0.3 is 0 Å². The molecule has 0 aliphatic rings. The molecular weight excluding hydrogens is 272 g/mol. The van der Waals surface area contributed by atoms with Gasteiger partial charge in [0.2, 0.25) is 0 Å². The summed E-state index contributed by atoms with van der Waals surface area (Å²) in [5, 5.41) is 0. The molecule has 2 aromatic carbocycles. The van der Waals surface area contributed by atoms with Crippen molar-refractivity contribution in [2.45, 2.75) is 19.8 Å². The van der Waals surface area contributed by atoms with Crippen molar-refractivity contribution in [1.29, 1.82) is 0 Å². The number of hydrogen-bond acceptors (Lipinski definition) is 2. The van der Waals surface area contributed by atoms with Crippen molar-refractivity contribution in [2.75, 3.05) is 20.8 Å². The van der Waals surface area contributed by atoms with Gasteiger partial charge in [-0.25, -0.2) is 0 Å². The van der Waals surface area contributed by atoms with Gasteiger partial charge in [0.15, 0.2) is 0 Å². The fourth-order valence-corrected chi connectivity index (χ4v) is 2.60. The van der Waals surface area contributed by atoms with E-state index in [1.165, 1.54) is 22.3 Å². The van der Waals surface area contributed by atoms with Crippen molar-refractivity contribution >= 4 is 11.1 Å². The average molecular weight is 296 g/mol. The van der Waals surface area contributed by atoms with E-state index in [-0.39, 0.29) is 0 Å². The highest BCUT2D eigenvalue weighted by Gasteiger charge is 2.08. The van der Waals surface area contributed by atoms with Gasteiger partial charge in [-0.2, -0.15) is 0 Å². The molecule has 2 rings (SSSR count). The van der Waals surface area contributed by atoms with Crippen LogP contribution in [0, 0.1) is 0 Å². The third-order valence-electron chi connectivity index (χ3n) is 3.87. The molecule has 0 aliphatic carbocycles. The molecule has 0 bridgehead atoms. The average Bonchev–Trinajstić information content (AvgIpc) is 2.59. The SMILES string of the molecule is COCCC/C(=C(/C)c1ccc(OC)cc1)c1ccccc1. The summed E-state index contributed by atoms with van der Waals surface area (Å²) in [6.45, 7) is 2.98. The zero-order chi connectivity index (χ0) is 15.8. The third kappa shape index (κ3) is 4.22. The summed E-state index contributed by atoms with van der Waals surface area (Å²) >= 11 is 0. The van der Waals surface area contributed by atoms with Gasteiger partial charge in [0.05, 0.1) is 7.11 Å². The third-order valence-corrected chi connectivity index (χ3v) is 3.87. The Morgan fingerprint density at radius 2 is 1.55 bits per heavy atom. The van der Waals surface area contributed by atoms with Crippen LogP contribution in [0.15, 0.2) is 54.6 Å². The van der Waals surface area contributed by atoms with Gasteiger partial charge in [0, 0.05) is 13.7 Å². The van der Waals surface area contributed by atoms with Crippen LogP contribution in [0.25, 0.3) is 11.1 Å². The number of allylic oxidation sites excluding steroid dienone is 2. The summed E-state index contributed by atoms with van der Waals surface area (Å²) < 4.78 is 10.4. The van der Waals surface area contributed by atoms with Gasteiger partial charge in [-0.05, 0) is 54.2 Å². The number of methoxy groups -OCH3 is 2. The van der Waals surface area contributed by atoms with Crippen LogP contribution in [0.5, 0.6) is 5.75 Å². The van der Waals surface area contributed by atoms with Crippen molar-refractivity contribution in [3.05, 3.63) is 65.7 Å². The van der Waals surface area contributed by atoms with E-state index < -0.39 is 0 Å². The monoisotopic (exact) mass is 296 g/mol. The highest BCUT2D eigenvalue weighted by molar-refractivity contribution is 5.89. The Balaban J connectivity index is 2.35. The van der Waals surface area contributed by atoms with Crippen LogP contribution in [0.3, 0.4) is 0 Å². The van der Waals surface area contributed by atoms with Crippen molar-refractivity contribution in [2.24, 2.45) is 0 Å². The fourth-order valence-electron chi connectivity index (χ4n) is 2.60. The molecule has 0 N–H and O–H groups in total. The summed E-state index contributed by atoms with van der Waals surface area (Å²) in [4.78, 5) is 0. The van der Waals surface area contributed by atoms with Crippen LogP contribution in [-0.2, 0) is 4.74 Å². The molecule has 0 aromatic heterocycles. The normalized spacial score (nSPS) is 12.0. The summed E-state index contributed by atoms with van der Waals surface area (Å²) in [5.41, 5.74) is 5.21. The molecule has 0 unspecified atom stereocenters. The van der Waals surface area contributed by atoms with E-state index in [4.69, 9.17) is 9.47 Å². The van der Waals surface area contributed by atoms with Crippen molar-refractivity contribution in [1.82, 2.24) is 0 Å². The maximum Gasteiger partial charge on any atom is 0.118 e. The maximum absolute atomic E-state index is 5.24. The van der Waals surface area contributed by atoms with E-state index >= 15 is 0 Å². The number of ether oxygens (including phenoxy) is 2.